The first kappa shape index (κ1) is 12.2. The van der Waals surface area contributed by atoms with Crippen molar-refractivity contribution in [1.82, 2.24) is 14.9 Å². The summed E-state index contributed by atoms with van der Waals surface area (Å²) in [5.41, 5.74) is 3.57. The van der Waals surface area contributed by atoms with Gasteiger partial charge in [0.15, 0.2) is 0 Å². The van der Waals surface area contributed by atoms with E-state index in [2.05, 4.69) is 51.9 Å². The predicted octanol–water partition coefficient (Wildman–Crippen LogP) is 3.46. The molecule has 1 aliphatic heterocycles. The molecule has 0 amide bonds. The van der Waals surface area contributed by atoms with E-state index in [9.17, 15) is 0 Å². The molecule has 4 heteroatoms. The van der Waals surface area contributed by atoms with Crippen LogP contribution in [0, 0.1) is 6.92 Å². The van der Waals surface area contributed by atoms with Crippen LogP contribution in [0.5, 0.6) is 0 Å². The van der Waals surface area contributed by atoms with Gasteiger partial charge in [-0.1, -0.05) is 22.4 Å². The van der Waals surface area contributed by atoms with Crippen LogP contribution in [-0.4, -0.2) is 16.1 Å². The van der Waals surface area contributed by atoms with Crippen molar-refractivity contribution in [2.24, 2.45) is 7.05 Å². The molecule has 1 fully saturated rings. The number of halogens is 1. The Bertz CT molecular complexity index is 582. The zero-order chi connectivity index (χ0) is 12.7. The largest absolute Gasteiger partial charge is 0.330 e. The van der Waals surface area contributed by atoms with E-state index in [1.54, 1.807) is 0 Å². The van der Waals surface area contributed by atoms with Crippen LogP contribution in [0.4, 0.5) is 0 Å². The maximum absolute atomic E-state index is 4.86. The molecule has 3 rings (SSSR count). The first-order valence-electron chi connectivity index (χ1n) is 6.52. The monoisotopic (exact) mass is 307 g/mol. The van der Waals surface area contributed by atoms with Crippen molar-refractivity contribution < 1.29 is 0 Å². The van der Waals surface area contributed by atoms with Crippen LogP contribution in [-0.2, 0) is 7.05 Å². The second kappa shape index (κ2) is 4.67. The highest BCUT2D eigenvalue weighted by molar-refractivity contribution is 9.10. The van der Waals surface area contributed by atoms with Crippen LogP contribution in [0.1, 0.15) is 36.7 Å². The van der Waals surface area contributed by atoms with Crippen molar-refractivity contribution in [3.05, 3.63) is 28.0 Å². The average molecular weight is 308 g/mol. The fourth-order valence-corrected chi connectivity index (χ4v) is 3.38. The fourth-order valence-electron chi connectivity index (χ4n) is 2.82. The molecule has 1 atom stereocenters. The van der Waals surface area contributed by atoms with Gasteiger partial charge in [-0.2, -0.15) is 0 Å². The summed E-state index contributed by atoms with van der Waals surface area (Å²) in [6.07, 6.45) is 3.77. The van der Waals surface area contributed by atoms with E-state index in [-0.39, 0.29) is 0 Å². The van der Waals surface area contributed by atoms with Crippen molar-refractivity contribution in [3.63, 3.8) is 0 Å². The number of rotatable bonds is 1. The zero-order valence-corrected chi connectivity index (χ0v) is 12.4. The summed E-state index contributed by atoms with van der Waals surface area (Å²) in [6.45, 7) is 3.23. The number of hydrogen-bond acceptors (Lipinski definition) is 2. The maximum atomic E-state index is 4.86. The molecule has 96 valence electrons. The number of fused-ring (bicyclic) bond motifs is 1. The minimum absolute atomic E-state index is 0.411. The number of aromatic nitrogens is 2. The molecule has 1 unspecified atom stereocenters. The molecule has 0 bridgehead atoms. The molecule has 0 radical (unpaired) electrons. The molecular formula is C14H18BrN3. The van der Waals surface area contributed by atoms with Gasteiger partial charge in [-0.15, -0.1) is 0 Å². The number of aryl methyl sites for hydroxylation is 2. The molecule has 3 nitrogen and oxygen atoms in total. The maximum Gasteiger partial charge on any atom is 0.126 e. The van der Waals surface area contributed by atoms with Gasteiger partial charge in [0.25, 0.3) is 0 Å². The van der Waals surface area contributed by atoms with Gasteiger partial charge in [0.1, 0.15) is 5.82 Å². The Labute approximate surface area is 116 Å². The molecule has 1 aromatic carbocycles. The van der Waals surface area contributed by atoms with Crippen LogP contribution < -0.4 is 5.32 Å². The first-order chi connectivity index (χ1) is 8.66. The lowest BCUT2D eigenvalue weighted by Crippen LogP contribution is -2.28. The van der Waals surface area contributed by atoms with Crippen LogP contribution in [0.25, 0.3) is 11.0 Å². The summed E-state index contributed by atoms with van der Waals surface area (Å²) in [6, 6.07) is 4.70. The third-order valence-corrected chi connectivity index (χ3v) is 4.26. The highest BCUT2D eigenvalue weighted by Gasteiger charge is 2.21. The van der Waals surface area contributed by atoms with Crippen molar-refractivity contribution >= 4 is 27.0 Å². The summed E-state index contributed by atoms with van der Waals surface area (Å²) in [5, 5.41) is 3.58. The lowest BCUT2D eigenvalue weighted by Gasteiger charge is -2.22. The van der Waals surface area contributed by atoms with Gasteiger partial charge in [-0.05, 0) is 44.0 Å². The standard InChI is InChI=1S/C14H18BrN3/c1-9-7-10(15)8-12-13(9)17-14(18(12)2)11-5-3-4-6-16-11/h7-8,11,16H,3-6H2,1-2H3. The number of benzene rings is 1. The molecule has 0 spiro atoms. The second-order valence-corrected chi connectivity index (χ2v) is 6.04. The van der Waals surface area contributed by atoms with Gasteiger partial charge < -0.3 is 9.88 Å². The number of piperidine rings is 1. The van der Waals surface area contributed by atoms with Crippen molar-refractivity contribution in [2.45, 2.75) is 32.2 Å². The third-order valence-electron chi connectivity index (χ3n) is 3.80. The Morgan fingerprint density at radius 3 is 2.94 bits per heavy atom. The predicted molar refractivity (Wildman–Crippen MR) is 77.7 cm³/mol. The summed E-state index contributed by atoms with van der Waals surface area (Å²) in [5.74, 6) is 1.17. The SMILES string of the molecule is Cc1cc(Br)cc2c1nc(C1CCCCN1)n2C. The van der Waals surface area contributed by atoms with Crippen molar-refractivity contribution in [1.29, 1.82) is 0 Å². The fraction of sp³-hybridized carbons (Fsp3) is 0.500. The Hall–Kier alpha value is -0.870. The van der Waals surface area contributed by atoms with Gasteiger partial charge in [0, 0.05) is 11.5 Å². The molecule has 1 aromatic heterocycles. The van der Waals surface area contributed by atoms with Gasteiger partial charge in [-0.3, -0.25) is 0 Å². The van der Waals surface area contributed by atoms with E-state index < -0.39 is 0 Å². The highest BCUT2D eigenvalue weighted by Crippen LogP contribution is 2.28. The summed E-state index contributed by atoms with van der Waals surface area (Å²) in [4.78, 5) is 4.86. The minimum Gasteiger partial charge on any atom is -0.330 e. The summed E-state index contributed by atoms with van der Waals surface area (Å²) < 4.78 is 3.36. The molecule has 18 heavy (non-hydrogen) atoms. The summed E-state index contributed by atoms with van der Waals surface area (Å²) in [7, 11) is 2.12. The molecular weight excluding hydrogens is 290 g/mol. The Balaban J connectivity index is 2.13. The Kier molecular flexibility index (Phi) is 3.16. The molecule has 1 saturated heterocycles. The normalized spacial score (nSPS) is 20.5. The van der Waals surface area contributed by atoms with E-state index in [0.29, 0.717) is 6.04 Å². The number of nitrogens with zero attached hydrogens (tertiary/aromatic N) is 2. The zero-order valence-electron chi connectivity index (χ0n) is 10.8. The third kappa shape index (κ3) is 1.97. The van der Waals surface area contributed by atoms with Gasteiger partial charge in [0.2, 0.25) is 0 Å². The quantitative estimate of drug-likeness (QED) is 0.874. The van der Waals surface area contributed by atoms with Gasteiger partial charge in [-0.25, -0.2) is 4.98 Å². The topological polar surface area (TPSA) is 29.9 Å². The highest BCUT2D eigenvalue weighted by atomic mass is 79.9. The minimum atomic E-state index is 0.411. The summed E-state index contributed by atoms with van der Waals surface area (Å²) >= 11 is 3.57. The van der Waals surface area contributed by atoms with E-state index in [1.165, 1.54) is 36.2 Å². The van der Waals surface area contributed by atoms with Gasteiger partial charge in [0.05, 0.1) is 17.1 Å². The number of imidazole rings is 1. The molecule has 2 heterocycles. The van der Waals surface area contributed by atoms with Crippen LogP contribution in [0.2, 0.25) is 0 Å². The van der Waals surface area contributed by atoms with E-state index in [0.717, 1.165) is 16.5 Å². The number of hydrogen-bond donors (Lipinski definition) is 1. The van der Waals surface area contributed by atoms with Gasteiger partial charge >= 0.3 is 0 Å². The van der Waals surface area contributed by atoms with Crippen molar-refractivity contribution in [2.75, 3.05) is 6.54 Å². The second-order valence-electron chi connectivity index (χ2n) is 5.12. The van der Waals surface area contributed by atoms with E-state index >= 15 is 0 Å². The van der Waals surface area contributed by atoms with Crippen LogP contribution in [0.15, 0.2) is 16.6 Å². The molecule has 2 aromatic rings. The Morgan fingerprint density at radius 2 is 2.22 bits per heavy atom. The molecule has 1 aliphatic rings. The average Bonchev–Trinajstić information content (AvgIpc) is 2.69. The number of nitrogens with one attached hydrogen (secondary N) is 1. The molecule has 0 saturated carbocycles. The van der Waals surface area contributed by atoms with Crippen LogP contribution >= 0.6 is 15.9 Å². The Morgan fingerprint density at radius 1 is 1.39 bits per heavy atom. The van der Waals surface area contributed by atoms with Crippen molar-refractivity contribution in [3.8, 4) is 0 Å². The lowest BCUT2D eigenvalue weighted by molar-refractivity contribution is 0.392. The smallest absolute Gasteiger partial charge is 0.126 e. The molecule has 1 N–H and O–H groups in total. The van der Waals surface area contributed by atoms with E-state index in [1.807, 2.05) is 0 Å². The first-order valence-corrected chi connectivity index (χ1v) is 7.32. The lowest BCUT2D eigenvalue weighted by atomic mass is 10.0. The van der Waals surface area contributed by atoms with Crippen LogP contribution in [0.3, 0.4) is 0 Å². The molecule has 0 aliphatic carbocycles. The van der Waals surface area contributed by atoms with E-state index in [4.69, 9.17) is 4.98 Å².